The minimum atomic E-state index is 0.549. The molecule has 0 saturated heterocycles. The van der Waals surface area contributed by atoms with Crippen molar-refractivity contribution in [3.63, 3.8) is 0 Å². The van der Waals surface area contributed by atoms with Gasteiger partial charge in [0.15, 0.2) is 0 Å². The second-order valence-corrected chi connectivity index (χ2v) is 4.64. The first-order valence-corrected chi connectivity index (χ1v) is 5.89. The first-order chi connectivity index (χ1) is 6.92. The van der Waals surface area contributed by atoms with Crippen LogP contribution in [0.3, 0.4) is 0 Å². The number of aromatic nitrogens is 2. The van der Waals surface area contributed by atoms with Gasteiger partial charge in [0.2, 0.25) is 0 Å². The Morgan fingerprint density at radius 1 is 1.57 bits per heavy atom. The Morgan fingerprint density at radius 2 is 2.50 bits per heavy atom. The fourth-order valence-corrected chi connectivity index (χ4v) is 3.26. The molecule has 0 bridgehead atoms. The zero-order valence-electron chi connectivity index (χ0n) is 8.10. The molecule has 0 unspecified atom stereocenters. The van der Waals surface area contributed by atoms with Gasteiger partial charge < -0.3 is 4.57 Å². The highest BCUT2D eigenvalue weighted by atomic mass is 32.1. The van der Waals surface area contributed by atoms with Crippen LogP contribution >= 0.6 is 11.3 Å². The van der Waals surface area contributed by atoms with E-state index in [4.69, 9.17) is 0 Å². The lowest BCUT2D eigenvalue weighted by Gasteiger charge is -2.11. The van der Waals surface area contributed by atoms with Crippen molar-refractivity contribution in [2.24, 2.45) is 0 Å². The van der Waals surface area contributed by atoms with Crippen molar-refractivity contribution in [3.05, 3.63) is 28.8 Å². The van der Waals surface area contributed by atoms with Crippen LogP contribution in [0.15, 0.2) is 24.0 Å². The third-order valence-electron chi connectivity index (χ3n) is 2.84. The van der Waals surface area contributed by atoms with E-state index < -0.39 is 0 Å². The first kappa shape index (κ1) is 8.24. The molecular weight excluding hydrogens is 192 g/mol. The smallest absolute Gasteiger partial charge is 0.0957 e. The maximum absolute atomic E-state index is 4.22. The summed E-state index contributed by atoms with van der Waals surface area (Å²) >= 11 is 1.87. The topological polar surface area (TPSA) is 17.8 Å². The van der Waals surface area contributed by atoms with Crippen molar-refractivity contribution in [3.8, 4) is 11.3 Å². The summed E-state index contributed by atoms with van der Waals surface area (Å²) in [6.07, 6.45) is 6.38. The highest BCUT2D eigenvalue weighted by Crippen LogP contribution is 2.44. The van der Waals surface area contributed by atoms with E-state index >= 15 is 0 Å². The Labute approximate surface area is 87.2 Å². The molecule has 3 heteroatoms. The van der Waals surface area contributed by atoms with Crippen LogP contribution in [0.5, 0.6) is 0 Å². The Hall–Kier alpha value is -1.09. The van der Waals surface area contributed by atoms with Crippen LogP contribution in [0.4, 0.5) is 0 Å². The van der Waals surface area contributed by atoms with E-state index in [9.17, 15) is 0 Å². The minimum absolute atomic E-state index is 0.549. The SMILES string of the molecule is CCC[C@@H]1c2sccc2-c2cncn21. The lowest BCUT2D eigenvalue weighted by molar-refractivity contribution is 0.562. The number of hydrogen-bond acceptors (Lipinski definition) is 2. The molecule has 2 nitrogen and oxygen atoms in total. The number of hydrogen-bond donors (Lipinski definition) is 0. The summed E-state index contributed by atoms with van der Waals surface area (Å²) in [5.41, 5.74) is 2.69. The van der Waals surface area contributed by atoms with E-state index in [2.05, 4.69) is 27.9 Å². The zero-order valence-corrected chi connectivity index (χ0v) is 8.92. The van der Waals surface area contributed by atoms with Gasteiger partial charge in [-0.2, -0.15) is 0 Å². The number of thiophene rings is 1. The Bertz CT molecular complexity index is 415. The van der Waals surface area contributed by atoms with Gasteiger partial charge in [-0.25, -0.2) is 4.98 Å². The molecule has 0 saturated carbocycles. The summed E-state index contributed by atoms with van der Waals surface area (Å²) < 4.78 is 2.31. The van der Waals surface area contributed by atoms with Crippen LogP contribution in [-0.4, -0.2) is 9.55 Å². The molecule has 1 aliphatic heterocycles. The maximum Gasteiger partial charge on any atom is 0.0957 e. The third-order valence-corrected chi connectivity index (χ3v) is 3.86. The summed E-state index contributed by atoms with van der Waals surface area (Å²) in [6.45, 7) is 2.24. The molecule has 1 aliphatic rings. The third kappa shape index (κ3) is 0.932. The molecule has 2 aromatic rings. The van der Waals surface area contributed by atoms with Crippen LogP contribution in [-0.2, 0) is 0 Å². The van der Waals surface area contributed by atoms with Gasteiger partial charge in [0, 0.05) is 10.4 Å². The summed E-state index contributed by atoms with van der Waals surface area (Å²) in [6, 6.07) is 2.76. The minimum Gasteiger partial charge on any atom is -0.322 e. The molecule has 0 aliphatic carbocycles. The van der Waals surface area contributed by atoms with Crippen LogP contribution in [0, 0.1) is 0 Å². The number of nitrogens with zero attached hydrogens (tertiary/aromatic N) is 2. The van der Waals surface area contributed by atoms with E-state index in [1.807, 2.05) is 23.9 Å². The van der Waals surface area contributed by atoms with Crippen LogP contribution in [0.2, 0.25) is 0 Å². The second kappa shape index (κ2) is 2.95. The average Bonchev–Trinajstić information content (AvgIpc) is 2.83. The van der Waals surface area contributed by atoms with Gasteiger partial charge in [-0.15, -0.1) is 11.3 Å². The van der Waals surface area contributed by atoms with E-state index in [-0.39, 0.29) is 0 Å². The van der Waals surface area contributed by atoms with Crippen LogP contribution in [0.25, 0.3) is 11.3 Å². The Morgan fingerprint density at radius 3 is 3.36 bits per heavy atom. The van der Waals surface area contributed by atoms with Gasteiger partial charge in [-0.05, 0) is 17.9 Å². The Balaban J connectivity index is 2.17. The highest BCUT2D eigenvalue weighted by Gasteiger charge is 2.28. The molecule has 0 spiro atoms. The van der Waals surface area contributed by atoms with Gasteiger partial charge in [0.05, 0.1) is 24.3 Å². The van der Waals surface area contributed by atoms with Gasteiger partial charge >= 0.3 is 0 Å². The molecular formula is C11H12N2S. The van der Waals surface area contributed by atoms with Crippen molar-refractivity contribution < 1.29 is 0 Å². The largest absolute Gasteiger partial charge is 0.322 e. The van der Waals surface area contributed by atoms with Crippen molar-refractivity contribution in [1.29, 1.82) is 0 Å². The maximum atomic E-state index is 4.22. The molecule has 0 fully saturated rings. The van der Waals surface area contributed by atoms with E-state index in [0.29, 0.717) is 6.04 Å². The summed E-state index contributed by atoms with van der Waals surface area (Å²) in [7, 11) is 0. The molecule has 3 heterocycles. The molecule has 0 amide bonds. The lowest BCUT2D eigenvalue weighted by atomic mass is 10.1. The van der Waals surface area contributed by atoms with Crippen molar-refractivity contribution in [2.75, 3.05) is 0 Å². The predicted molar refractivity (Wildman–Crippen MR) is 58.6 cm³/mol. The van der Waals surface area contributed by atoms with Crippen molar-refractivity contribution in [2.45, 2.75) is 25.8 Å². The van der Waals surface area contributed by atoms with Gasteiger partial charge in [-0.1, -0.05) is 13.3 Å². The average molecular weight is 204 g/mol. The van der Waals surface area contributed by atoms with E-state index in [0.717, 1.165) is 0 Å². The summed E-state index contributed by atoms with van der Waals surface area (Å²) in [5.74, 6) is 0. The molecule has 3 rings (SSSR count). The zero-order chi connectivity index (χ0) is 9.54. The molecule has 0 N–H and O–H groups in total. The van der Waals surface area contributed by atoms with E-state index in [1.54, 1.807) is 0 Å². The fourth-order valence-electron chi connectivity index (χ4n) is 2.22. The molecule has 14 heavy (non-hydrogen) atoms. The number of rotatable bonds is 2. The van der Waals surface area contributed by atoms with E-state index in [1.165, 1.54) is 29.0 Å². The van der Waals surface area contributed by atoms with Gasteiger partial charge in [0.25, 0.3) is 0 Å². The standard InChI is InChI=1S/C11H12N2S/c1-2-3-9-11-8(4-5-14-11)10-6-12-7-13(9)10/h4-7,9H,2-3H2,1H3/t9-/m1/s1. The molecule has 2 aromatic heterocycles. The summed E-state index contributed by atoms with van der Waals surface area (Å²) in [4.78, 5) is 5.74. The van der Waals surface area contributed by atoms with Crippen LogP contribution in [0.1, 0.15) is 30.7 Å². The normalized spacial score (nSPS) is 18.2. The number of fused-ring (bicyclic) bond motifs is 3. The quantitative estimate of drug-likeness (QED) is 0.733. The number of imidazole rings is 1. The Kier molecular flexibility index (Phi) is 1.74. The first-order valence-electron chi connectivity index (χ1n) is 5.01. The van der Waals surface area contributed by atoms with Crippen molar-refractivity contribution in [1.82, 2.24) is 9.55 Å². The highest BCUT2D eigenvalue weighted by molar-refractivity contribution is 7.10. The summed E-state index contributed by atoms with van der Waals surface area (Å²) in [5, 5.41) is 2.18. The van der Waals surface area contributed by atoms with Gasteiger partial charge in [-0.3, -0.25) is 0 Å². The molecule has 1 atom stereocenters. The fraction of sp³-hybridized carbons (Fsp3) is 0.364. The molecule has 72 valence electrons. The second-order valence-electron chi connectivity index (χ2n) is 3.69. The van der Waals surface area contributed by atoms with Crippen LogP contribution < -0.4 is 0 Å². The monoisotopic (exact) mass is 204 g/mol. The molecule has 0 radical (unpaired) electrons. The lowest BCUT2D eigenvalue weighted by Crippen LogP contribution is -2.02. The predicted octanol–water partition coefficient (Wildman–Crippen LogP) is 3.31. The molecule has 0 aromatic carbocycles. The van der Waals surface area contributed by atoms with Gasteiger partial charge in [0.1, 0.15) is 0 Å². The van der Waals surface area contributed by atoms with Crippen molar-refractivity contribution >= 4 is 11.3 Å².